The van der Waals surface area contributed by atoms with E-state index in [1.807, 2.05) is 0 Å². The van der Waals surface area contributed by atoms with Gasteiger partial charge in [0.25, 0.3) is 0 Å². The second kappa shape index (κ2) is 8.13. The molecule has 0 aliphatic carbocycles. The SMILES string of the molecule is O=c1c(-c2ccc(F)cc2)coc2cc(O[C@@H]3O[C@H](CO)[C@@H](O)[C@@H](O)[C@@H]3O)ccc12. The molecule has 0 amide bonds. The van der Waals surface area contributed by atoms with Gasteiger partial charge in [0.1, 0.15) is 47.8 Å². The van der Waals surface area contributed by atoms with E-state index in [1.165, 1.54) is 48.7 Å². The van der Waals surface area contributed by atoms with Crippen molar-refractivity contribution < 1.29 is 38.7 Å². The van der Waals surface area contributed by atoms with E-state index < -0.39 is 43.1 Å². The van der Waals surface area contributed by atoms with Gasteiger partial charge in [0.05, 0.1) is 17.6 Å². The van der Waals surface area contributed by atoms with Crippen LogP contribution in [0, 0.1) is 5.82 Å². The average Bonchev–Trinajstić information content (AvgIpc) is 2.75. The van der Waals surface area contributed by atoms with Crippen LogP contribution in [0.1, 0.15) is 0 Å². The van der Waals surface area contributed by atoms with Gasteiger partial charge in [0, 0.05) is 6.07 Å². The number of halogens is 1. The lowest BCUT2D eigenvalue weighted by Crippen LogP contribution is -2.60. The molecule has 1 aliphatic rings. The Labute approximate surface area is 169 Å². The third kappa shape index (κ3) is 3.69. The maximum Gasteiger partial charge on any atom is 0.229 e. The lowest BCUT2D eigenvalue weighted by atomic mass is 9.99. The molecule has 4 N–H and O–H groups in total. The summed E-state index contributed by atoms with van der Waals surface area (Å²) < 4.78 is 29.5. The van der Waals surface area contributed by atoms with Crippen molar-refractivity contribution in [1.29, 1.82) is 0 Å². The number of hydrogen-bond acceptors (Lipinski definition) is 8. The van der Waals surface area contributed by atoms with Crippen molar-refractivity contribution in [3.63, 3.8) is 0 Å². The normalized spacial score (nSPS) is 26.6. The van der Waals surface area contributed by atoms with E-state index >= 15 is 0 Å². The number of ether oxygens (including phenoxy) is 2. The van der Waals surface area contributed by atoms with Crippen LogP contribution in [0.4, 0.5) is 4.39 Å². The number of rotatable bonds is 4. The first-order valence-electron chi connectivity index (χ1n) is 9.17. The molecule has 2 aromatic carbocycles. The number of aliphatic hydroxyl groups excluding tert-OH is 4. The molecule has 3 aromatic rings. The largest absolute Gasteiger partial charge is 0.463 e. The summed E-state index contributed by atoms with van der Waals surface area (Å²) in [6, 6.07) is 9.77. The van der Waals surface area contributed by atoms with E-state index in [9.17, 15) is 29.6 Å². The van der Waals surface area contributed by atoms with Crippen LogP contribution >= 0.6 is 0 Å². The Balaban J connectivity index is 1.62. The summed E-state index contributed by atoms with van der Waals surface area (Å²) >= 11 is 0. The molecule has 1 aliphatic heterocycles. The van der Waals surface area contributed by atoms with Crippen molar-refractivity contribution in [2.75, 3.05) is 6.61 Å². The minimum absolute atomic E-state index is 0.171. The maximum atomic E-state index is 13.1. The Morgan fingerprint density at radius 3 is 2.43 bits per heavy atom. The fraction of sp³-hybridized carbons (Fsp3) is 0.286. The van der Waals surface area contributed by atoms with Crippen LogP contribution in [0.5, 0.6) is 5.75 Å². The van der Waals surface area contributed by atoms with Crippen molar-refractivity contribution in [2.45, 2.75) is 30.7 Å². The van der Waals surface area contributed by atoms with Crippen LogP contribution in [0.25, 0.3) is 22.1 Å². The first-order valence-corrected chi connectivity index (χ1v) is 9.17. The zero-order chi connectivity index (χ0) is 21.4. The van der Waals surface area contributed by atoms with E-state index in [-0.39, 0.29) is 27.7 Å². The molecule has 0 radical (unpaired) electrons. The molecule has 0 saturated carbocycles. The standard InChI is InChI=1S/C21H19FO8/c22-11-3-1-10(2-4-11)14-9-28-15-7-12(5-6-13(15)17(14)24)29-21-20(27)19(26)18(25)16(8-23)30-21/h1-7,9,16,18-21,23,25-27H,8H2/t16-,18-,19-,20+,21-/m1/s1. The highest BCUT2D eigenvalue weighted by Crippen LogP contribution is 2.27. The molecule has 0 unspecified atom stereocenters. The second-order valence-electron chi connectivity index (χ2n) is 6.96. The third-order valence-corrected chi connectivity index (χ3v) is 5.00. The Hall–Kier alpha value is -2.82. The molecule has 5 atom stereocenters. The fourth-order valence-electron chi connectivity index (χ4n) is 3.31. The molecule has 1 aromatic heterocycles. The Morgan fingerprint density at radius 1 is 1.00 bits per heavy atom. The van der Waals surface area contributed by atoms with Crippen LogP contribution in [-0.4, -0.2) is 57.7 Å². The van der Waals surface area contributed by atoms with E-state index in [0.29, 0.717) is 5.56 Å². The molecule has 0 spiro atoms. The predicted octanol–water partition coefficient (Wildman–Crippen LogP) is 0.778. The average molecular weight is 418 g/mol. The Bertz CT molecular complexity index is 1090. The van der Waals surface area contributed by atoms with Gasteiger partial charge >= 0.3 is 0 Å². The number of benzene rings is 2. The minimum atomic E-state index is -1.57. The molecule has 4 rings (SSSR count). The van der Waals surface area contributed by atoms with Gasteiger partial charge < -0.3 is 34.3 Å². The first kappa shape index (κ1) is 20.5. The number of hydrogen-bond donors (Lipinski definition) is 4. The summed E-state index contributed by atoms with van der Waals surface area (Å²) in [7, 11) is 0. The molecule has 2 heterocycles. The Kier molecular flexibility index (Phi) is 5.54. The van der Waals surface area contributed by atoms with E-state index in [4.69, 9.17) is 13.9 Å². The lowest BCUT2D eigenvalue weighted by molar-refractivity contribution is -0.277. The van der Waals surface area contributed by atoms with Crippen LogP contribution in [-0.2, 0) is 4.74 Å². The quantitative estimate of drug-likeness (QED) is 0.489. The van der Waals surface area contributed by atoms with Crippen LogP contribution in [0.2, 0.25) is 0 Å². The number of fused-ring (bicyclic) bond motifs is 1. The molecule has 158 valence electrons. The predicted molar refractivity (Wildman–Crippen MR) is 102 cm³/mol. The molecule has 30 heavy (non-hydrogen) atoms. The van der Waals surface area contributed by atoms with E-state index in [1.54, 1.807) is 0 Å². The second-order valence-corrected chi connectivity index (χ2v) is 6.96. The third-order valence-electron chi connectivity index (χ3n) is 5.00. The Morgan fingerprint density at radius 2 is 1.73 bits per heavy atom. The maximum absolute atomic E-state index is 13.1. The first-order chi connectivity index (χ1) is 14.4. The van der Waals surface area contributed by atoms with Crippen molar-refractivity contribution in [3.05, 3.63) is 64.8 Å². The van der Waals surface area contributed by atoms with Crippen molar-refractivity contribution >= 4 is 11.0 Å². The van der Waals surface area contributed by atoms with E-state index in [0.717, 1.165) is 0 Å². The molecule has 9 heteroatoms. The summed E-state index contributed by atoms with van der Waals surface area (Å²) in [6.07, 6.45) is -5.84. The molecular formula is C21H19FO8. The highest BCUT2D eigenvalue weighted by Gasteiger charge is 2.44. The highest BCUT2D eigenvalue weighted by molar-refractivity contribution is 5.82. The van der Waals surface area contributed by atoms with Gasteiger partial charge in [0.2, 0.25) is 6.29 Å². The molecule has 8 nitrogen and oxygen atoms in total. The summed E-state index contributed by atoms with van der Waals surface area (Å²) in [6.45, 7) is -0.580. The summed E-state index contributed by atoms with van der Waals surface area (Å²) in [5.41, 5.74) is 0.661. The molecular weight excluding hydrogens is 399 g/mol. The van der Waals surface area contributed by atoms with Crippen molar-refractivity contribution in [1.82, 2.24) is 0 Å². The van der Waals surface area contributed by atoms with E-state index in [2.05, 4.69) is 0 Å². The lowest BCUT2D eigenvalue weighted by Gasteiger charge is -2.39. The monoisotopic (exact) mass is 418 g/mol. The van der Waals surface area contributed by atoms with Gasteiger partial charge in [-0.1, -0.05) is 12.1 Å². The smallest absolute Gasteiger partial charge is 0.229 e. The topological polar surface area (TPSA) is 130 Å². The highest BCUT2D eigenvalue weighted by atomic mass is 19.1. The number of aliphatic hydroxyl groups is 4. The van der Waals surface area contributed by atoms with Crippen molar-refractivity contribution in [2.24, 2.45) is 0 Å². The molecule has 1 saturated heterocycles. The fourth-order valence-corrected chi connectivity index (χ4v) is 3.31. The van der Waals surface area contributed by atoms with Gasteiger partial charge in [-0.3, -0.25) is 4.79 Å². The molecule has 1 fully saturated rings. The van der Waals surface area contributed by atoms with Gasteiger partial charge in [-0.05, 0) is 29.8 Å². The zero-order valence-electron chi connectivity index (χ0n) is 15.5. The molecule has 0 bridgehead atoms. The van der Waals surface area contributed by atoms with Gasteiger partial charge in [-0.2, -0.15) is 0 Å². The van der Waals surface area contributed by atoms with Crippen molar-refractivity contribution in [3.8, 4) is 16.9 Å². The zero-order valence-corrected chi connectivity index (χ0v) is 15.5. The van der Waals surface area contributed by atoms with Crippen LogP contribution in [0.3, 0.4) is 0 Å². The summed E-state index contributed by atoms with van der Waals surface area (Å²) in [5.74, 6) is -0.247. The van der Waals surface area contributed by atoms with Crippen LogP contribution in [0.15, 0.2) is 57.9 Å². The summed E-state index contributed by atoms with van der Waals surface area (Å²) in [5, 5.41) is 39.3. The summed E-state index contributed by atoms with van der Waals surface area (Å²) in [4.78, 5) is 12.8. The van der Waals surface area contributed by atoms with Gasteiger partial charge in [-0.15, -0.1) is 0 Å². The van der Waals surface area contributed by atoms with Gasteiger partial charge in [-0.25, -0.2) is 4.39 Å². The minimum Gasteiger partial charge on any atom is -0.463 e. The van der Waals surface area contributed by atoms with Gasteiger partial charge in [0.15, 0.2) is 5.43 Å². The van der Waals surface area contributed by atoms with Crippen LogP contribution < -0.4 is 10.2 Å².